The summed E-state index contributed by atoms with van der Waals surface area (Å²) in [6, 6.07) is 6.38. The van der Waals surface area contributed by atoms with E-state index in [1.54, 1.807) is 0 Å². The topological polar surface area (TPSA) is 66.4 Å². The lowest BCUT2D eigenvalue weighted by molar-refractivity contribution is -0.149. The summed E-state index contributed by atoms with van der Waals surface area (Å²) in [5.41, 5.74) is 3.03. The Hall–Kier alpha value is -1.84. The van der Waals surface area contributed by atoms with E-state index in [0.717, 1.165) is 0 Å². The lowest BCUT2D eigenvalue weighted by Crippen LogP contribution is -2.55. The van der Waals surface area contributed by atoms with Crippen LogP contribution < -0.4 is 5.32 Å². The number of carboxylic acid groups (broad SMARTS) is 1. The molecule has 2 N–H and O–H groups in total. The standard InChI is InChI=1S/C9H17NO3.C9H12/c1-5-6(2)9(4,8(12)13)10-7(3)11;1-7-5-4-6-8(2)9(7)3/h6H,5H2,1-4H3,(H,10,11)(H,12,13);4-6H,1-3H3. The van der Waals surface area contributed by atoms with E-state index in [0.29, 0.717) is 6.42 Å². The molecule has 0 heterocycles. The largest absolute Gasteiger partial charge is 0.480 e. The molecule has 4 heteroatoms. The van der Waals surface area contributed by atoms with E-state index in [9.17, 15) is 9.59 Å². The summed E-state index contributed by atoms with van der Waals surface area (Å²) in [4.78, 5) is 21.8. The monoisotopic (exact) mass is 307 g/mol. The number of carbonyl (C=O) groups is 2. The van der Waals surface area contributed by atoms with Gasteiger partial charge in [0.05, 0.1) is 0 Å². The summed E-state index contributed by atoms with van der Waals surface area (Å²) in [5.74, 6) is -1.39. The van der Waals surface area contributed by atoms with Gasteiger partial charge in [0.1, 0.15) is 5.54 Å². The van der Waals surface area contributed by atoms with E-state index in [1.165, 1.54) is 30.5 Å². The van der Waals surface area contributed by atoms with Gasteiger partial charge in [-0.05, 0) is 50.3 Å². The first-order valence-corrected chi connectivity index (χ1v) is 7.61. The van der Waals surface area contributed by atoms with Gasteiger partial charge >= 0.3 is 5.97 Å². The van der Waals surface area contributed by atoms with Crippen molar-refractivity contribution < 1.29 is 14.7 Å². The van der Waals surface area contributed by atoms with Gasteiger partial charge in [-0.1, -0.05) is 38.5 Å². The molecule has 4 nitrogen and oxygen atoms in total. The van der Waals surface area contributed by atoms with Gasteiger partial charge in [-0.15, -0.1) is 0 Å². The van der Waals surface area contributed by atoms with Crippen LogP contribution >= 0.6 is 0 Å². The van der Waals surface area contributed by atoms with E-state index in [4.69, 9.17) is 5.11 Å². The van der Waals surface area contributed by atoms with Gasteiger partial charge in [0.15, 0.2) is 0 Å². The molecule has 1 aromatic carbocycles. The summed E-state index contributed by atoms with van der Waals surface area (Å²) in [6.45, 7) is 13.0. The number of hydrogen-bond acceptors (Lipinski definition) is 2. The van der Waals surface area contributed by atoms with Crippen LogP contribution in [-0.2, 0) is 9.59 Å². The fraction of sp³-hybridized carbons (Fsp3) is 0.556. The van der Waals surface area contributed by atoms with Crippen LogP contribution in [0, 0.1) is 26.7 Å². The first-order chi connectivity index (χ1) is 10.1. The summed E-state index contributed by atoms with van der Waals surface area (Å²) in [7, 11) is 0. The van der Waals surface area contributed by atoms with Crippen LogP contribution in [0.25, 0.3) is 0 Å². The Labute approximate surface area is 133 Å². The molecule has 0 aromatic heterocycles. The maximum Gasteiger partial charge on any atom is 0.329 e. The van der Waals surface area contributed by atoms with E-state index < -0.39 is 11.5 Å². The van der Waals surface area contributed by atoms with Crippen molar-refractivity contribution in [3.05, 3.63) is 34.9 Å². The van der Waals surface area contributed by atoms with Crippen LogP contribution in [0.2, 0.25) is 0 Å². The maximum atomic E-state index is 10.9. The minimum absolute atomic E-state index is 0.0890. The van der Waals surface area contributed by atoms with Crippen LogP contribution in [0.5, 0.6) is 0 Å². The molecule has 124 valence electrons. The summed E-state index contributed by atoms with van der Waals surface area (Å²) in [6.07, 6.45) is 0.711. The molecule has 1 aromatic rings. The van der Waals surface area contributed by atoms with Gasteiger partial charge in [-0.3, -0.25) is 4.79 Å². The van der Waals surface area contributed by atoms with E-state index in [2.05, 4.69) is 44.3 Å². The second-order valence-corrected chi connectivity index (χ2v) is 6.01. The second-order valence-electron chi connectivity index (χ2n) is 6.01. The third-order valence-corrected chi connectivity index (χ3v) is 4.35. The number of carbonyl (C=O) groups excluding carboxylic acids is 1. The van der Waals surface area contributed by atoms with Crippen LogP contribution in [0.3, 0.4) is 0 Å². The number of carboxylic acids is 1. The Kier molecular flexibility index (Phi) is 7.85. The molecule has 0 saturated heterocycles. The van der Waals surface area contributed by atoms with Crippen molar-refractivity contribution in [1.29, 1.82) is 0 Å². The molecule has 0 bridgehead atoms. The lowest BCUT2D eigenvalue weighted by atomic mass is 9.85. The Balaban J connectivity index is 0.000000425. The van der Waals surface area contributed by atoms with Crippen LogP contribution in [0.15, 0.2) is 18.2 Å². The smallest absolute Gasteiger partial charge is 0.329 e. The first-order valence-electron chi connectivity index (χ1n) is 7.61. The summed E-state index contributed by atoms with van der Waals surface area (Å²) >= 11 is 0. The molecule has 1 rings (SSSR count). The van der Waals surface area contributed by atoms with E-state index in [1.807, 2.05) is 13.8 Å². The first kappa shape index (κ1) is 20.2. The fourth-order valence-corrected chi connectivity index (χ4v) is 2.06. The van der Waals surface area contributed by atoms with Gasteiger partial charge in [-0.25, -0.2) is 4.79 Å². The van der Waals surface area contributed by atoms with Crippen molar-refractivity contribution in [2.75, 3.05) is 0 Å². The van der Waals surface area contributed by atoms with Gasteiger partial charge in [0, 0.05) is 6.92 Å². The number of hydrogen-bond donors (Lipinski definition) is 2. The normalized spacial score (nSPS) is 14.1. The highest BCUT2D eigenvalue weighted by atomic mass is 16.4. The quantitative estimate of drug-likeness (QED) is 0.892. The minimum atomic E-state index is -1.15. The molecule has 0 aliphatic rings. The fourth-order valence-electron chi connectivity index (χ4n) is 2.06. The molecule has 0 spiro atoms. The zero-order valence-electron chi connectivity index (χ0n) is 14.8. The molecule has 0 aliphatic carbocycles. The zero-order chi connectivity index (χ0) is 17.5. The van der Waals surface area contributed by atoms with Crippen LogP contribution in [-0.4, -0.2) is 22.5 Å². The number of nitrogens with one attached hydrogen (secondary N) is 1. The average molecular weight is 307 g/mol. The SMILES string of the molecule is CCC(C)C(C)(NC(C)=O)C(=O)O.Cc1cccc(C)c1C. The van der Waals surface area contributed by atoms with Gasteiger partial charge < -0.3 is 10.4 Å². The molecule has 0 aliphatic heterocycles. The molecule has 1 amide bonds. The van der Waals surface area contributed by atoms with E-state index >= 15 is 0 Å². The predicted octanol–water partition coefficient (Wildman–Crippen LogP) is 3.62. The van der Waals surface area contributed by atoms with Gasteiger partial charge in [-0.2, -0.15) is 0 Å². The predicted molar refractivity (Wildman–Crippen MR) is 90.0 cm³/mol. The Morgan fingerprint density at radius 2 is 1.68 bits per heavy atom. The minimum Gasteiger partial charge on any atom is -0.480 e. The molecule has 22 heavy (non-hydrogen) atoms. The van der Waals surface area contributed by atoms with Crippen LogP contribution in [0.4, 0.5) is 0 Å². The molecule has 2 atom stereocenters. The Morgan fingerprint density at radius 3 is 1.95 bits per heavy atom. The number of aliphatic carboxylic acids is 1. The van der Waals surface area contributed by atoms with E-state index in [-0.39, 0.29) is 11.8 Å². The number of aryl methyl sites for hydroxylation is 2. The highest BCUT2D eigenvalue weighted by Crippen LogP contribution is 2.20. The molecule has 2 unspecified atom stereocenters. The number of benzene rings is 1. The van der Waals surface area contributed by atoms with Crippen molar-refractivity contribution >= 4 is 11.9 Å². The highest BCUT2D eigenvalue weighted by Gasteiger charge is 2.38. The van der Waals surface area contributed by atoms with Gasteiger partial charge in [0.25, 0.3) is 0 Å². The Morgan fingerprint density at radius 1 is 1.23 bits per heavy atom. The third kappa shape index (κ3) is 5.51. The lowest BCUT2D eigenvalue weighted by Gasteiger charge is -2.31. The summed E-state index contributed by atoms with van der Waals surface area (Å²) in [5, 5.41) is 11.4. The second kappa shape index (κ2) is 8.57. The van der Waals surface area contributed by atoms with Crippen molar-refractivity contribution in [2.24, 2.45) is 5.92 Å². The molecular formula is C18H29NO3. The molecule has 0 saturated carbocycles. The molecule has 0 fully saturated rings. The number of amides is 1. The Bertz CT molecular complexity index is 505. The molecule has 0 radical (unpaired) electrons. The highest BCUT2D eigenvalue weighted by molar-refractivity contribution is 5.85. The van der Waals surface area contributed by atoms with Crippen molar-refractivity contribution in [3.8, 4) is 0 Å². The average Bonchev–Trinajstić information content (AvgIpc) is 2.43. The summed E-state index contributed by atoms with van der Waals surface area (Å²) < 4.78 is 0. The van der Waals surface area contributed by atoms with Gasteiger partial charge in [0.2, 0.25) is 5.91 Å². The zero-order valence-corrected chi connectivity index (χ0v) is 14.8. The van der Waals surface area contributed by atoms with Crippen LogP contribution in [0.1, 0.15) is 50.8 Å². The van der Waals surface area contributed by atoms with Crippen molar-refractivity contribution in [1.82, 2.24) is 5.32 Å². The number of rotatable bonds is 4. The molecular weight excluding hydrogens is 278 g/mol. The third-order valence-electron chi connectivity index (χ3n) is 4.35. The maximum absolute atomic E-state index is 10.9. The van der Waals surface area contributed by atoms with Crippen molar-refractivity contribution in [3.63, 3.8) is 0 Å². The van der Waals surface area contributed by atoms with Crippen molar-refractivity contribution in [2.45, 2.75) is 60.4 Å².